The largest absolute Gasteiger partial charge is 0.481 e. The molecule has 0 radical (unpaired) electrons. The maximum atomic E-state index is 11.5. The number of aliphatic hydroxyl groups is 1. The van der Waals surface area contributed by atoms with Gasteiger partial charge >= 0.3 is 11.9 Å². The number of esters is 1. The zero-order valence-electron chi connectivity index (χ0n) is 10.6. The van der Waals surface area contributed by atoms with Gasteiger partial charge in [-0.3, -0.25) is 9.59 Å². The Kier molecular flexibility index (Phi) is 6.02. The van der Waals surface area contributed by atoms with Gasteiger partial charge < -0.3 is 19.8 Å². The summed E-state index contributed by atoms with van der Waals surface area (Å²) in [5, 5.41) is 19.1. The zero-order valence-corrected chi connectivity index (χ0v) is 12.3. The summed E-state index contributed by atoms with van der Waals surface area (Å²) in [6, 6.07) is 0. The Hall–Kier alpha value is -0.860. The minimum Gasteiger partial charge on any atom is -0.481 e. The molecule has 19 heavy (non-hydrogen) atoms. The standard InChI is InChI=1S/C11H17NO5S2/c1-2-17-9(15)6-11(16)7-19-10(18)12(11)5-3-4-8(13)14/h16H,2-7H2,1H3,(H,13,14). The maximum Gasteiger partial charge on any atom is 0.310 e. The SMILES string of the molecule is CCOC(=O)CC1(O)CSC(=S)N1CCCC(=O)O. The fraction of sp³-hybridized carbons (Fsp3) is 0.727. The number of carbonyl (C=O) groups excluding carboxylic acids is 1. The van der Waals surface area contributed by atoms with Crippen molar-refractivity contribution in [2.24, 2.45) is 0 Å². The Morgan fingerprint density at radius 1 is 1.58 bits per heavy atom. The van der Waals surface area contributed by atoms with Gasteiger partial charge in [0.25, 0.3) is 0 Å². The van der Waals surface area contributed by atoms with Gasteiger partial charge in [-0.25, -0.2) is 0 Å². The van der Waals surface area contributed by atoms with Crippen LogP contribution in [0.25, 0.3) is 0 Å². The van der Waals surface area contributed by atoms with E-state index in [2.05, 4.69) is 0 Å². The Labute approximate surface area is 121 Å². The highest BCUT2D eigenvalue weighted by atomic mass is 32.2. The lowest BCUT2D eigenvalue weighted by molar-refractivity contribution is -0.153. The number of hydrogen-bond donors (Lipinski definition) is 2. The molecule has 1 aliphatic rings. The van der Waals surface area contributed by atoms with Crippen LogP contribution in [-0.4, -0.2) is 56.0 Å². The summed E-state index contributed by atoms with van der Waals surface area (Å²) in [6.45, 7) is 2.26. The van der Waals surface area contributed by atoms with Crippen LogP contribution in [0, 0.1) is 0 Å². The lowest BCUT2D eigenvalue weighted by atomic mass is 10.1. The van der Waals surface area contributed by atoms with Crippen molar-refractivity contribution in [3.63, 3.8) is 0 Å². The van der Waals surface area contributed by atoms with Crippen LogP contribution < -0.4 is 0 Å². The van der Waals surface area contributed by atoms with Crippen LogP contribution in [0.2, 0.25) is 0 Å². The molecule has 1 unspecified atom stereocenters. The summed E-state index contributed by atoms with van der Waals surface area (Å²) in [4.78, 5) is 23.5. The molecular weight excluding hydrogens is 290 g/mol. The quantitative estimate of drug-likeness (QED) is 0.528. The first-order valence-electron chi connectivity index (χ1n) is 5.93. The monoisotopic (exact) mass is 307 g/mol. The molecule has 0 spiro atoms. The Balaban J connectivity index is 2.61. The molecule has 0 bridgehead atoms. The lowest BCUT2D eigenvalue weighted by Gasteiger charge is -2.33. The lowest BCUT2D eigenvalue weighted by Crippen LogP contribution is -2.49. The Morgan fingerprint density at radius 3 is 2.84 bits per heavy atom. The molecule has 0 aromatic carbocycles. The van der Waals surface area contributed by atoms with Gasteiger partial charge in [0, 0.05) is 18.7 Å². The highest BCUT2D eigenvalue weighted by Crippen LogP contribution is 2.34. The summed E-state index contributed by atoms with van der Waals surface area (Å²) >= 11 is 6.40. The van der Waals surface area contributed by atoms with Crippen LogP contribution in [0.3, 0.4) is 0 Å². The van der Waals surface area contributed by atoms with E-state index < -0.39 is 17.7 Å². The van der Waals surface area contributed by atoms with Gasteiger partial charge in [0.2, 0.25) is 0 Å². The van der Waals surface area contributed by atoms with E-state index in [4.69, 9.17) is 22.1 Å². The zero-order chi connectivity index (χ0) is 14.5. The smallest absolute Gasteiger partial charge is 0.310 e. The molecule has 1 saturated heterocycles. The molecule has 1 atom stereocenters. The molecular formula is C11H17NO5S2. The van der Waals surface area contributed by atoms with Crippen LogP contribution in [0.4, 0.5) is 0 Å². The van der Waals surface area contributed by atoms with Crippen molar-refractivity contribution >= 4 is 40.2 Å². The molecule has 0 amide bonds. The van der Waals surface area contributed by atoms with E-state index in [1.807, 2.05) is 0 Å². The van der Waals surface area contributed by atoms with Crippen LogP contribution >= 0.6 is 24.0 Å². The van der Waals surface area contributed by atoms with Gasteiger partial charge in [0.15, 0.2) is 5.72 Å². The van der Waals surface area contributed by atoms with Gasteiger partial charge in [-0.05, 0) is 13.3 Å². The van der Waals surface area contributed by atoms with Crippen molar-refractivity contribution in [1.29, 1.82) is 0 Å². The van der Waals surface area contributed by atoms with Crippen molar-refractivity contribution in [2.45, 2.75) is 31.9 Å². The van der Waals surface area contributed by atoms with E-state index in [1.165, 1.54) is 16.7 Å². The molecule has 8 heteroatoms. The second-order valence-electron chi connectivity index (χ2n) is 4.17. The average Bonchev–Trinajstić information content (AvgIpc) is 2.56. The second-order valence-corrected chi connectivity index (χ2v) is 5.78. The summed E-state index contributed by atoms with van der Waals surface area (Å²) in [5.41, 5.74) is -1.37. The minimum absolute atomic E-state index is 0.000728. The first-order valence-corrected chi connectivity index (χ1v) is 7.32. The summed E-state index contributed by atoms with van der Waals surface area (Å²) < 4.78 is 5.31. The highest BCUT2D eigenvalue weighted by Gasteiger charge is 2.44. The topological polar surface area (TPSA) is 87.1 Å². The number of carboxylic acid groups (broad SMARTS) is 1. The third-order valence-electron chi connectivity index (χ3n) is 2.65. The molecule has 1 heterocycles. The van der Waals surface area contributed by atoms with E-state index in [0.717, 1.165) is 0 Å². The van der Waals surface area contributed by atoms with Crippen molar-refractivity contribution < 1.29 is 24.5 Å². The number of ether oxygens (including phenoxy) is 1. The maximum absolute atomic E-state index is 11.5. The molecule has 108 valence electrons. The summed E-state index contributed by atoms with van der Waals surface area (Å²) in [6.07, 6.45) is 0.196. The molecule has 2 N–H and O–H groups in total. The van der Waals surface area contributed by atoms with E-state index in [-0.39, 0.29) is 25.2 Å². The summed E-state index contributed by atoms with van der Waals surface area (Å²) in [7, 11) is 0. The van der Waals surface area contributed by atoms with Crippen LogP contribution in [0.5, 0.6) is 0 Å². The van der Waals surface area contributed by atoms with E-state index in [9.17, 15) is 14.7 Å². The molecule has 1 rings (SSSR count). The number of carboxylic acids is 1. The third-order valence-corrected chi connectivity index (χ3v) is 4.30. The van der Waals surface area contributed by atoms with E-state index in [1.54, 1.807) is 6.92 Å². The number of hydrogen-bond acceptors (Lipinski definition) is 6. The number of thioether (sulfide) groups is 1. The normalized spacial score (nSPS) is 22.6. The van der Waals surface area contributed by atoms with Crippen LogP contribution in [-0.2, 0) is 14.3 Å². The molecule has 0 aromatic rings. The fourth-order valence-corrected chi connectivity index (χ4v) is 3.25. The van der Waals surface area contributed by atoms with Gasteiger partial charge in [-0.2, -0.15) is 0 Å². The van der Waals surface area contributed by atoms with Gasteiger partial charge in [-0.1, -0.05) is 24.0 Å². The minimum atomic E-state index is -1.37. The van der Waals surface area contributed by atoms with Gasteiger partial charge in [0.05, 0.1) is 13.0 Å². The predicted octanol–water partition coefficient (Wildman–Crippen LogP) is 0.827. The first-order chi connectivity index (χ1) is 8.89. The van der Waals surface area contributed by atoms with E-state index in [0.29, 0.717) is 17.3 Å². The third kappa shape index (κ3) is 4.63. The number of rotatable bonds is 7. The van der Waals surface area contributed by atoms with Crippen LogP contribution in [0.1, 0.15) is 26.2 Å². The predicted molar refractivity (Wildman–Crippen MR) is 74.8 cm³/mol. The molecule has 6 nitrogen and oxygen atoms in total. The van der Waals surface area contributed by atoms with Gasteiger partial charge in [0.1, 0.15) is 4.32 Å². The molecule has 1 aliphatic heterocycles. The number of nitrogens with zero attached hydrogens (tertiary/aromatic N) is 1. The molecule has 1 fully saturated rings. The first kappa shape index (κ1) is 16.2. The van der Waals surface area contributed by atoms with Crippen molar-refractivity contribution in [1.82, 2.24) is 4.90 Å². The second kappa shape index (κ2) is 7.06. The average molecular weight is 307 g/mol. The van der Waals surface area contributed by atoms with E-state index >= 15 is 0 Å². The van der Waals surface area contributed by atoms with Crippen molar-refractivity contribution in [3.05, 3.63) is 0 Å². The summed E-state index contributed by atoms with van der Waals surface area (Å²) in [5.74, 6) is -1.09. The van der Waals surface area contributed by atoms with Crippen molar-refractivity contribution in [2.75, 3.05) is 18.9 Å². The van der Waals surface area contributed by atoms with Crippen LogP contribution in [0.15, 0.2) is 0 Å². The number of carbonyl (C=O) groups is 2. The highest BCUT2D eigenvalue weighted by molar-refractivity contribution is 8.23. The Morgan fingerprint density at radius 2 is 2.26 bits per heavy atom. The molecule has 0 saturated carbocycles. The Bertz CT molecular complexity index is 376. The fourth-order valence-electron chi connectivity index (χ4n) is 1.78. The van der Waals surface area contributed by atoms with Gasteiger partial charge in [-0.15, -0.1) is 0 Å². The molecule has 0 aromatic heterocycles. The van der Waals surface area contributed by atoms with Crippen molar-refractivity contribution in [3.8, 4) is 0 Å². The number of aliphatic carboxylic acids is 1. The number of thiocarbonyl (C=S) groups is 1. The molecule has 0 aliphatic carbocycles.